The highest BCUT2D eigenvalue weighted by Gasteiger charge is 2.12. The molecular formula is C18H21NO5S. The fraction of sp³-hybridized carbons (Fsp3) is 0.333. The van der Waals surface area contributed by atoms with Crippen LogP contribution >= 0.6 is 11.3 Å². The van der Waals surface area contributed by atoms with Crippen LogP contribution in [0.2, 0.25) is 0 Å². The van der Waals surface area contributed by atoms with Crippen LogP contribution in [0.3, 0.4) is 0 Å². The largest absolute Gasteiger partial charge is 0.494 e. The van der Waals surface area contributed by atoms with Crippen LogP contribution in [0.1, 0.15) is 33.6 Å². The maximum atomic E-state index is 12.2. The maximum Gasteiger partial charge on any atom is 0.303 e. The van der Waals surface area contributed by atoms with Crippen LogP contribution in [0.4, 0.5) is 0 Å². The van der Waals surface area contributed by atoms with Crippen molar-refractivity contribution in [3.05, 3.63) is 51.7 Å². The molecule has 6 nitrogen and oxygen atoms in total. The summed E-state index contributed by atoms with van der Waals surface area (Å²) in [6, 6.07) is 9.25. The third kappa shape index (κ3) is 6.21. The molecule has 2 N–H and O–H groups in total. The maximum absolute atomic E-state index is 12.2. The summed E-state index contributed by atoms with van der Waals surface area (Å²) >= 11 is 1.39. The fourth-order valence-corrected chi connectivity index (χ4v) is 3.01. The molecule has 0 saturated heterocycles. The summed E-state index contributed by atoms with van der Waals surface area (Å²) in [5, 5.41) is 13.3. The molecule has 7 heteroatoms. The predicted octanol–water partition coefficient (Wildman–Crippen LogP) is 3.07. The van der Waals surface area contributed by atoms with E-state index in [1.807, 2.05) is 35.7 Å². The number of hydrogen-bond donors (Lipinski definition) is 2. The molecule has 0 unspecified atom stereocenters. The quantitative estimate of drug-likeness (QED) is 0.634. The molecule has 1 aromatic heterocycles. The average molecular weight is 363 g/mol. The zero-order chi connectivity index (χ0) is 18.1. The first-order valence-corrected chi connectivity index (χ1v) is 8.75. The number of rotatable bonds is 10. The summed E-state index contributed by atoms with van der Waals surface area (Å²) in [6.07, 6.45) is 0.565. The second-order valence-electron chi connectivity index (χ2n) is 5.38. The minimum atomic E-state index is -0.825. The molecule has 0 bridgehead atoms. The SMILES string of the molecule is COCc1ccsc1C(=O)NCc1ccc(OCCCC(=O)O)cc1. The van der Waals surface area contributed by atoms with Gasteiger partial charge >= 0.3 is 5.97 Å². The van der Waals surface area contributed by atoms with Gasteiger partial charge in [0.15, 0.2) is 0 Å². The van der Waals surface area contributed by atoms with Crippen molar-refractivity contribution in [3.63, 3.8) is 0 Å². The number of nitrogens with one attached hydrogen (secondary N) is 1. The number of hydrogen-bond acceptors (Lipinski definition) is 5. The van der Waals surface area contributed by atoms with Crippen molar-refractivity contribution in [2.75, 3.05) is 13.7 Å². The van der Waals surface area contributed by atoms with E-state index >= 15 is 0 Å². The van der Waals surface area contributed by atoms with Gasteiger partial charge in [0.2, 0.25) is 0 Å². The Morgan fingerprint density at radius 3 is 2.64 bits per heavy atom. The molecule has 0 aliphatic heterocycles. The second kappa shape index (κ2) is 9.80. The van der Waals surface area contributed by atoms with Crippen LogP contribution in [-0.2, 0) is 22.7 Å². The molecule has 134 valence electrons. The van der Waals surface area contributed by atoms with Gasteiger partial charge < -0.3 is 19.9 Å². The number of amides is 1. The van der Waals surface area contributed by atoms with Crippen LogP contribution in [0, 0.1) is 0 Å². The number of carboxylic acid groups (broad SMARTS) is 1. The highest BCUT2D eigenvalue weighted by molar-refractivity contribution is 7.12. The molecule has 0 spiro atoms. The molecule has 1 aromatic carbocycles. The molecule has 1 heterocycles. The zero-order valence-electron chi connectivity index (χ0n) is 14.0. The van der Waals surface area contributed by atoms with Crippen molar-refractivity contribution >= 4 is 23.2 Å². The van der Waals surface area contributed by atoms with Gasteiger partial charge in [-0.25, -0.2) is 0 Å². The predicted molar refractivity (Wildman–Crippen MR) is 95.0 cm³/mol. The molecule has 0 fully saturated rings. The van der Waals surface area contributed by atoms with Crippen LogP contribution in [0.25, 0.3) is 0 Å². The summed E-state index contributed by atoms with van der Waals surface area (Å²) in [4.78, 5) is 23.3. The van der Waals surface area contributed by atoms with Gasteiger partial charge in [0, 0.05) is 25.6 Å². The minimum absolute atomic E-state index is 0.0951. The lowest BCUT2D eigenvalue weighted by Gasteiger charge is -2.08. The normalized spacial score (nSPS) is 10.4. The zero-order valence-corrected chi connectivity index (χ0v) is 14.8. The van der Waals surface area contributed by atoms with Crippen molar-refractivity contribution in [1.82, 2.24) is 5.32 Å². The van der Waals surface area contributed by atoms with E-state index in [1.54, 1.807) is 7.11 Å². The number of carboxylic acids is 1. The Hall–Kier alpha value is -2.38. The van der Waals surface area contributed by atoms with Gasteiger partial charge in [-0.2, -0.15) is 0 Å². The first-order valence-electron chi connectivity index (χ1n) is 7.87. The number of aliphatic carboxylic acids is 1. The van der Waals surface area contributed by atoms with E-state index in [4.69, 9.17) is 14.6 Å². The van der Waals surface area contributed by atoms with E-state index in [-0.39, 0.29) is 12.3 Å². The smallest absolute Gasteiger partial charge is 0.303 e. The topological polar surface area (TPSA) is 84.9 Å². The Bertz CT molecular complexity index is 696. The molecule has 2 aromatic rings. The monoisotopic (exact) mass is 363 g/mol. The van der Waals surface area contributed by atoms with E-state index in [0.29, 0.717) is 36.8 Å². The van der Waals surface area contributed by atoms with Gasteiger partial charge in [0.05, 0.1) is 18.1 Å². The Morgan fingerprint density at radius 1 is 1.20 bits per heavy atom. The summed E-state index contributed by atoms with van der Waals surface area (Å²) in [7, 11) is 1.60. The van der Waals surface area contributed by atoms with E-state index in [2.05, 4.69) is 5.32 Å². The molecule has 2 rings (SSSR count). The van der Waals surface area contributed by atoms with Crippen molar-refractivity contribution in [2.24, 2.45) is 0 Å². The molecular weight excluding hydrogens is 342 g/mol. The van der Waals surface area contributed by atoms with Crippen molar-refractivity contribution < 1.29 is 24.2 Å². The second-order valence-corrected chi connectivity index (χ2v) is 6.30. The Balaban J connectivity index is 1.80. The lowest BCUT2D eigenvalue weighted by molar-refractivity contribution is -0.137. The lowest BCUT2D eigenvalue weighted by Crippen LogP contribution is -2.22. The molecule has 0 aliphatic rings. The highest BCUT2D eigenvalue weighted by Crippen LogP contribution is 2.18. The summed E-state index contributed by atoms with van der Waals surface area (Å²) in [6.45, 7) is 1.20. The van der Waals surface area contributed by atoms with Gasteiger partial charge in [-0.1, -0.05) is 12.1 Å². The van der Waals surface area contributed by atoms with Crippen LogP contribution in [-0.4, -0.2) is 30.7 Å². The lowest BCUT2D eigenvalue weighted by atomic mass is 10.2. The first kappa shape index (κ1) is 19.0. The number of carbonyl (C=O) groups excluding carboxylic acids is 1. The van der Waals surface area contributed by atoms with E-state index in [9.17, 15) is 9.59 Å². The van der Waals surface area contributed by atoms with Crippen LogP contribution < -0.4 is 10.1 Å². The van der Waals surface area contributed by atoms with E-state index in [0.717, 1.165) is 11.1 Å². The van der Waals surface area contributed by atoms with Gasteiger partial charge in [-0.15, -0.1) is 11.3 Å². The molecule has 0 atom stereocenters. The average Bonchev–Trinajstić information content (AvgIpc) is 3.06. The van der Waals surface area contributed by atoms with E-state index < -0.39 is 5.97 Å². The summed E-state index contributed by atoms with van der Waals surface area (Å²) in [5.74, 6) is -0.258. The van der Waals surface area contributed by atoms with Crippen LogP contribution in [0.15, 0.2) is 35.7 Å². The van der Waals surface area contributed by atoms with Crippen LogP contribution in [0.5, 0.6) is 5.75 Å². The molecule has 25 heavy (non-hydrogen) atoms. The van der Waals surface area contributed by atoms with Gasteiger partial charge in [-0.05, 0) is 35.6 Å². The fourth-order valence-electron chi connectivity index (χ4n) is 2.18. The Kier molecular flexibility index (Phi) is 7.43. The van der Waals surface area contributed by atoms with Crippen molar-refractivity contribution in [3.8, 4) is 5.75 Å². The molecule has 1 amide bonds. The highest BCUT2D eigenvalue weighted by atomic mass is 32.1. The number of thiophene rings is 1. The number of benzene rings is 1. The van der Waals surface area contributed by atoms with E-state index in [1.165, 1.54) is 11.3 Å². The third-order valence-corrected chi connectivity index (χ3v) is 4.39. The minimum Gasteiger partial charge on any atom is -0.494 e. The first-order chi connectivity index (χ1) is 12.1. The standard InChI is InChI=1S/C18H21NO5S/c1-23-12-14-8-10-25-17(14)18(22)19-11-13-4-6-15(7-5-13)24-9-2-3-16(20)21/h4-8,10H,2-3,9,11-12H2,1H3,(H,19,22)(H,20,21). The van der Waals surface area contributed by atoms with Gasteiger partial charge in [0.1, 0.15) is 5.75 Å². The number of carbonyl (C=O) groups is 2. The third-order valence-electron chi connectivity index (χ3n) is 3.43. The molecule has 0 aliphatic carbocycles. The Labute approximate surface area is 150 Å². The summed E-state index contributed by atoms with van der Waals surface area (Å²) in [5.41, 5.74) is 1.84. The van der Waals surface area contributed by atoms with Gasteiger partial charge in [-0.3, -0.25) is 9.59 Å². The number of methoxy groups -OCH3 is 1. The number of ether oxygens (including phenoxy) is 2. The Morgan fingerprint density at radius 2 is 1.96 bits per heavy atom. The molecule has 0 saturated carbocycles. The summed E-state index contributed by atoms with van der Waals surface area (Å²) < 4.78 is 10.6. The van der Waals surface area contributed by atoms with Crippen molar-refractivity contribution in [1.29, 1.82) is 0 Å². The molecule has 0 radical (unpaired) electrons. The van der Waals surface area contributed by atoms with Crippen molar-refractivity contribution in [2.45, 2.75) is 26.0 Å². The van der Waals surface area contributed by atoms with Gasteiger partial charge in [0.25, 0.3) is 5.91 Å².